The molecule has 0 bridgehead atoms. The van der Waals surface area contributed by atoms with Crippen molar-refractivity contribution in [3.63, 3.8) is 0 Å². The van der Waals surface area contributed by atoms with Crippen LogP contribution in [-0.2, 0) is 7.05 Å². The third-order valence-electron chi connectivity index (χ3n) is 2.10. The Bertz CT molecular complexity index is 510. The molecular weight excluding hydrogens is 200 g/mol. The van der Waals surface area contributed by atoms with Crippen LogP contribution in [0.3, 0.4) is 0 Å². The van der Waals surface area contributed by atoms with Crippen molar-refractivity contribution in [3.8, 4) is 0 Å². The summed E-state index contributed by atoms with van der Waals surface area (Å²) in [4.78, 5) is 33.6. The minimum Gasteiger partial charge on any atom is -0.477 e. The summed E-state index contributed by atoms with van der Waals surface area (Å²) < 4.78 is 2.01. The van der Waals surface area contributed by atoms with Gasteiger partial charge in [0.1, 0.15) is 5.56 Å². The molecule has 1 aromatic heterocycles. The maximum Gasteiger partial charge on any atom is 0.342 e. The first kappa shape index (κ1) is 11.2. The van der Waals surface area contributed by atoms with E-state index in [9.17, 15) is 14.4 Å². The van der Waals surface area contributed by atoms with Gasteiger partial charge in [-0.15, -0.1) is 0 Å². The summed E-state index contributed by atoms with van der Waals surface area (Å²) in [6.45, 7) is 3.47. The minimum atomic E-state index is -1.33. The van der Waals surface area contributed by atoms with Gasteiger partial charge in [0.2, 0.25) is 0 Å². The van der Waals surface area contributed by atoms with Crippen molar-refractivity contribution in [3.05, 3.63) is 32.6 Å². The number of aromatic carboxylic acids is 1. The predicted molar refractivity (Wildman–Crippen MR) is 53.3 cm³/mol. The van der Waals surface area contributed by atoms with Gasteiger partial charge in [-0.2, -0.15) is 0 Å². The number of carbonyl (C=O) groups is 1. The summed E-state index contributed by atoms with van der Waals surface area (Å²) in [6, 6.07) is -0.192. The standard InChI is InChI=1S/C9H12N2O4/c1-5(2)11-4-6(8(13)14)7(12)10(3)9(11)15/h4-5H,1-3H3,(H,13,14). The van der Waals surface area contributed by atoms with Gasteiger partial charge in [0.15, 0.2) is 0 Å². The van der Waals surface area contributed by atoms with E-state index in [4.69, 9.17) is 5.11 Å². The van der Waals surface area contributed by atoms with E-state index in [-0.39, 0.29) is 6.04 Å². The summed E-state index contributed by atoms with van der Waals surface area (Å²) >= 11 is 0. The molecule has 6 nitrogen and oxygen atoms in total. The first-order chi connectivity index (χ1) is 6.86. The highest BCUT2D eigenvalue weighted by Crippen LogP contribution is 1.99. The van der Waals surface area contributed by atoms with E-state index in [1.807, 2.05) is 0 Å². The van der Waals surface area contributed by atoms with Crippen molar-refractivity contribution >= 4 is 5.97 Å². The summed E-state index contributed by atoms with van der Waals surface area (Å²) in [5.74, 6) is -1.33. The zero-order valence-electron chi connectivity index (χ0n) is 8.72. The molecular formula is C9H12N2O4. The molecule has 82 valence electrons. The number of aromatic nitrogens is 2. The fraction of sp³-hybridized carbons (Fsp3) is 0.444. The third kappa shape index (κ3) is 1.83. The molecule has 0 amide bonds. The first-order valence-corrected chi connectivity index (χ1v) is 4.41. The average molecular weight is 212 g/mol. The van der Waals surface area contributed by atoms with Crippen LogP contribution in [0.2, 0.25) is 0 Å². The Hall–Kier alpha value is -1.85. The highest BCUT2D eigenvalue weighted by atomic mass is 16.4. The zero-order chi connectivity index (χ0) is 11.7. The Morgan fingerprint density at radius 2 is 1.93 bits per heavy atom. The molecule has 0 saturated carbocycles. The highest BCUT2D eigenvalue weighted by Gasteiger charge is 2.15. The van der Waals surface area contributed by atoms with Crippen LogP contribution in [0.4, 0.5) is 0 Å². The number of hydrogen-bond donors (Lipinski definition) is 1. The molecule has 0 aliphatic rings. The van der Waals surface area contributed by atoms with E-state index in [1.54, 1.807) is 13.8 Å². The lowest BCUT2D eigenvalue weighted by atomic mass is 10.3. The minimum absolute atomic E-state index is 0.192. The van der Waals surface area contributed by atoms with Gasteiger partial charge >= 0.3 is 11.7 Å². The van der Waals surface area contributed by atoms with E-state index in [0.29, 0.717) is 0 Å². The maximum absolute atomic E-state index is 11.5. The zero-order valence-corrected chi connectivity index (χ0v) is 8.72. The van der Waals surface area contributed by atoms with Gasteiger partial charge in [-0.05, 0) is 13.8 Å². The molecule has 0 fully saturated rings. The van der Waals surface area contributed by atoms with Crippen LogP contribution in [0.5, 0.6) is 0 Å². The number of hydrogen-bond acceptors (Lipinski definition) is 3. The quantitative estimate of drug-likeness (QED) is 0.737. The Kier molecular flexibility index (Phi) is 2.78. The van der Waals surface area contributed by atoms with Gasteiger partial charge in [0.25, 0.3) is 5.56 Å². The predicted octanol–water partition coefficient (Wildman–Crippen LogP) is -0.174. The highest BCUT2D eigenvalue weighted by molar-refractivity contribution is 5.86. The third-order valence-corrected chi connectivity index (χ3v) is 2.10. The van der Waals surface area contributed by atoms with E-state index in [0.717, 1.165) is 10.8 Å². The Labute approximate surface area is 85.4 Å². The van der Waals surface area contributed by atoms with Crippen molar-refractivity contribution in [1.82, 2.24) is 9.13 Å². The van der Waals surface area contributed by atoms with Crippen LogP contribution in [0.25, 0.3) is 0 Å². The summed E-state index contributed by atoms with van der Waals surface area (Å²) in [5.41, 5.74) is -1.70. The van der Waals surface area contributed by atoms with Crippen LogP contribution < -0.4 is 11.2 Å². The summed E-state index contributed by atoms with van der Waals surface area (Å²) in [5, 5.41) is 8.76. The largest absolute Gasteiger partial charge is 0.477 e. The Morgan fingerprint density at radius 3 is 2.33 bits per heavy atom. The summed E-state index contributed by atoms with van der Waals surface area (Å²) in [7, 11) is 1.26. The van der Waals surface area contributed by atoms with Crippen molar-refractivity contribution in [2.45, 2.75) is 19.9 Å². The molecule has 6 heteroatoms. The molecule has 1 rings (SSSR count). The number of carboxylic acid groups (broad SMARTS) is 1. The number of nitrogens with zero attached hydrogens (tertiary/aromatic N) is 2. The molecule has 0 unspecified atom stereocenters. The maximum atomic E-state index is 11.5. The molecule has 0 aliphatic heterocycles. The summed E-state index contributed by atoms with van der Waals surface area (Å²) in [6.07, 6.45) is 1.08. The SMILES string of the molecule is CC(C)n1cc(C(=O)O)c(=O)n(C)c1=O. The number of carboxylic acids is 1. The Balaban J connectivity index is 3.68. The topological polar surface area (TPSA) is 81.3 Å². The average Bonchev–Trinajstić information content (AvgIpc) is 2.13. The molecule has 0 atom stereocenters. The van der Waals surface area contributed by atoms with E-state index in [2.05, 4.69) is 0 Å². The lowest BCUT2D eigenvalue weighted by Crippen LogP contribution is -2.41. The van der Waals surface area contributed by atoms with Gasteiger partial charge in [-0.25, -0.2) is 9.59 Å². The molecule has 1 N–H and O–H groups in total. The second-order valence-corrected chi connectivity index (χ2v) is 3.50. The normalized spacial score (nSPS) is 10.7. The molecule has 15 heavy (non-hydrogen) atoms. The fourth-order valence-electron chi connectivity index (χ4n) is 1.21. The smallest absolute Gasteiger partial charge is 0.342 e. The van der Waals surface area contributed by atoms with E-state index in [1.165, 1.54) is 11.6 Å². The lowest BCUT2D eigenvalue weighted by Gasteiger charge is -2.11. The molecule has 0 saturated heterocycles. The van der Waals surface area contributed by atoms with Crippen LogP contribution in [0.1, 0.15) is 30.2 Å². The van der Waals surface area contributed by atoms with Crippen LogP contribution in [0.15, 0.2) is 15.8 Å². The van der Waals surface area contributed by atoms with E-state index < -0.39 is 22.8 Å². The van der Waals surface area contributed by atoms with Gasteiger partial charge in [0.05, 0.1) is 0 Å². The molecule has 0 spiro atoms. The van der Waals surface area contributed by atoms with Crippen molar-refractivity contribution in [2.75, 3.05) is 0 Å². The van der Waals surface area contributed by atoms with Crippen LogP contribution in [-0.4, -0.2) is 20.2 Å². The van der Waals surface area contributed by atoms with Crippen molar-refractivity contribution in [2.24, 2.45) is 7.05 Å². The molecule has 1 aromatic rings. The molecule has 0 aromatic carbocycles. The lowest BCUT2D eigenvalue weighted by molar-refractivity contribution is 0.0692. The van der Waals surface area contributed by atoms with Gasteiger partial charge in [-0.3, -0.25) is 13.9 Å². The fourth-order valence-corrected chi connectivity index (χ4v) is 1.21. The Morgan fingerprint density at radius 1 is 1.40 bits per heavy atom. The second kappa shape index (κ2) is 3.72. The van der Waals surface area contributed by atoms with Gasteiger partial charge < -0.3 is 5.11 Å². The van der Waals surface area contributed by atoms with E-state index >= 15 is 0 Å². The molecule has 0 aliphatic carbocycles. The van der Waals surface area contributed by atoms with Crippen LogP contribution in [0, 0.1) is 0 Å². The number of rotatable bonds is 2. The molecule has 1 heterocycles. The van der Waals surface area contributed by atoms with Crippen molar-refractivity contribution < 1.29 is 9.90 Å². The second-order valence-electron chi connectivity index (χ2n) is 3.50. The van der Waals surface area contributed by atoms with Gasteiger partial charge in [-0.1, -0.05) is 0 Å². The first-order valence-electron chi connectivity index (χ1n) is 4.41. The van der Waals surface area contributed by atoms with Crippen LogP contribution >= 0.6 is 0 Å². The molecule has 0 radical (unpaired) electrons. The monoisotopic (exact) mass is 212 g/mol. The van der Waals surface area contributed by atoms with Crippen molar-refractivity contribution in [1.29, 1.82) is 0 Å². The van der Waals surface area contributed by atoms with Gasteiger partial charge in [0, 0.05) is 19.3 Å².